The average Bonchev–Trinajstić information content (AvgIpc) is 2.56. The molecule has 4 nitrogen and oxygen atoms in total. The van der Waals surface area contributed by atoms with Gasteiger partial charge in [0.25, 0.3) is 5.91 Å². The van der Waals surface area contributed by atoms with E-state index in [1.165, 1.54) is 18.2 Å². The quantitative estimate of drug-likeness (QED) is 0.679. The Morgan fingerprint density at radius 3 is 2.43 bits per heavy atom. The molecule has 4 heteroatoms. The highest BCUT2D eigenvalue weighted by molar-refractivity contribution is 5.86. The van der Waals surface area contributed by atoms with Crippen LogP contribution < -0.4 is 5.43 Å². The Morgan fingerprint density at radius 2 is 1.78 bits per heavy atom. The molecular formula is C19H22N2O2. The Morgan fingerprint density at radius 1 is 1.09 bits per heavy atom. The van der Waals surface area contributed by atoms with E-state index in [0.717, 1.165) is 16.7 Å². The molecule has 0 saturated carbocycles. The van der Waals surface area contributed by atoms with Crippen LogP contribution in [-0.2, 0) is 9.53 Å². The molecule has 0 aliphatic heterocycles. The van der Waals surface area contributed by atoms with E-state index >= 15 is 0 Å². The van der Waals surface area contributed by atoms with Crippen molar-refractivity contribution in [3.8, 4) is 0 Å². The van der Waals surface area contributed by atoms with Gasteiger partial charge in [-0.1, -0.05) is 42.5 Å². The number of carbonyl (C=O) groups excluding carboxylic acids is 1. The van der Waals surface area contributed by atoms with Crippen LogP contribution in [0.1, 0.15) is 33.9 Å². The predicted octanol–water partition coefficient (Wildman–Crippen LogP) is 3.45. The van der Waals surface area contributed by atoms with E-state index in [1.807, 2.05) is 49.4 Å². The molecule has 0 aromatic heterocycles. The summed E-state index contributed by atoms with van der Waals surface area (Å²) in [6, 6.07) is 13.4. The predicted molar refractivity (Wildman–Crippen MR) is 92.6 cm³/mol. The SMILES string of the molecule is CO[C@H](C(=O)N/N=C\c1ccc(C)c(C)c1C)c1ccccc1. The van der Waals surface area contributed by atoms with Crippen molar-refractivity contribution in [2.75, 3.05) is 7.11 Å². The number of carbonyl (C=O) groups is 1. The number of nitrogens with zero attached hydrogens (tertiary/aromatic N) is 1. The lowest BCUT2D eigenvalue weighted by Gasteiger charge is -2.13. The number of aryl methyl sites for hydroxylation is 1. The van der Waals surface area contributed by atoms with Gasteiger partial charge in [0.1, 0.15) is 0 Å². The molecule has 0 aliphatic carbocycles. The largest absolute Gasteiger partial charge is 0.367 e. The van der Waals surface area contributed by atoms with E-state index < -0.39 is 6.10 Å². The van der Waals surface area contributed by atoms with Crippen molar-refractivity contribution in [2.45, 2.75) is 26.9 Å². The first kappa shape index (κ1) is 16.9. The molecule has 0 aliphatic rings. The van der Waals surface area contributed by atoms with Crippen LogP contribution >= 0.6 is 0 Å². The molecule has 23 heavy (non-hydrogen) atoms. The van der Waals surface area contributed by atoms with Crippen molar-refractivity contribution in [2.24, 2.45) is 5.10 Å². The first-order chi connectivity index (χ1) is 11.0. The molecule has 1 amide bonds. The molecule has 0 unspecified atom stereocenters. The summed E-state index contributed by atoms with van der Waals surface area (Å²) in [5.41, 5.74) is 7.97. The Kier molecular flexibility index (Phi) is 5.66. The van der Waals surface area contributed by atoms with Crippen LogP contribution in [0, 0.1) is 20.8 Å². The number of benzene rings is 2. The summed E-state index contributed by atoms with van der Waals surface area (Å²) in [5, 5.41) is 4.06. The van der Waals surface area contributed by atoms with Gasteiger partial charge in [-0.05, 0) is 48.6 Å². The first-order valence-corrected chi connectivity index (χ1v) is 7.52. The van der Waals surface area contributed by atoms with Gasteiger partial charge in [0.15, 0.2) is 6.10 Å². The number of nitrogens with one attached hydrogen (secondary N) is 1. The maximum atomic E-state index is 12.2. The Balaban J connectivity index is 2.08. The summed E-state index contributed by atoms with van der Waals surface area (Å²) >= 11 is 0. The standard InChI is InChI=1S/C19H22N2O2/c1-13-10-11-17(15(3)14(13)2)12-20-21-19(22)18(23-4)16-8-6-5-7-9-16/h5-12,18H,1-4H3,(H,21,22)/b20-12-/t18-/m0/s1. The Bertz CT molecular complexity index is 709. The molecule has 2 rings (SSSR count). The van der Waals surface area contributed by atoms with E-state index in [4.69, 9.17) is 4.74 Å². The molecule has 0 saturated heterocycles. The van der Waals surface area contributed by atoms with Gasteiger partial charge in [-0.15, -0.1) is 0 Å². The Labute approximate surface area is 137 Å². The van der Waals surface area contributed by atoms with Crippen LogP contribution in [0.25, 0.3) is 0 Å². The van der Waals surface area contributed by atoms with Crippen LogP contribution in [0.15, 0.2) is 47.6 Å². The molecule has 1 atom stereocenters. The van der Waals surface area contributed by atoms with Gasteiger partial charge in [0.2, 0.25) is 0 Å². The highest BCUT2D eigenvalue weighted by Gasteiger charge is 2.19. The summed E-state index contributed by atoms with van der Waals surface area (Å²) in [6.07, 6.45) is 0.992. The van der Waals surface area contributed by atoms with E-state index in [9.17, 15) is 4.79 Å². The summed E-state index contributed by atoms with van der Waals surface area (Å²) in [4.78, 5) is 12.2. The number of amides is 1. The number of methoxy groups -OCH3 is 1. The second-order valence-corrected chi connectivity index (χ2v) is 5.48. The van der Waals surface area contributed by atoms with E-state index in [2.05, 4.69) is 24.4 Å². The number of hydrazone groups is 1. The van der Waals surface area contributed by atoms with Gasteiger partial charge >= 0.3 is 0 Å². The van der Waals surface area contributed by atoms with Gasteiger partial charge in [-0.25, -0.2) is 5.43 Å². The minimum atomic E-state index is -0.672. The van der Waals surface area contributed by atoms with Crippen LogP contribution in [0.3, 0.4) is 0 Å². The summed E-state index contributed by atoms with van der Waals surface area (Å²) in [5.74, 6) is -0.295. The van der Waals surface area contributed by atoms with Gasteiger partial charge in [0, 0.05) is 7.11 Å². The van der Waals surface area contributed by atoms with Crippen molar-refractivity contribution >= 4 is 12.1 Å². The molecule has 0 spiro atoms. The lowest BCUT2D eigenvalue weighted by atomic mass is 10.00. The fraction of sp³-hybridized carbons (Fsp3) is 0.263. The minimum Gasteiger partial charge on any atom is -0.367 e. The number of ether oxygens (including phenoxy) is 1. The van der Waals surface area contributed by atoms with Gasteiger partial charge in [-0.2, -0.15) is 5.10 Å². The highest BCUT2D eigenvalue weighted by Crippen LogP contribution is 2.17. The maximum Gasteiger partial charge on any atom is 0.273 e. The van der Waals surface area contributed by atoms with Crippen LogP contribution in [0.5, 0.6) is 0 Å². The third kappa shape index (κ3) is 4.05. The van der Waals surface area contributed by atoms with E-state index in [1.54, 1.807) is 6.21 Å². The highest BCUT2D eigenvalue weighted by atomic mass is 16.5. The first-order valence-electron chi connectivity index (χ1n) is 7.52. The van der Waals surface area contributed by atoms with Crippen molar-refractivity contribution in [1.82, 2.24) is 5.43 Å². The molecule has 1 N–H and O–H groups in total. The zero-order chi connectivity index (χ0) is 16.8. The molecule has 120 valence electrons. The monoisotopic (exact) mass is 310 g/mol. The second-order valence-electron chi connectivity index (χ2n) is 5.48. The van der Waals surface area contributed by atoms with Crippen LogP contribution in [0.2, 0.25) is 0 Å². The molecule has 2 aromatic rings. The number of hydrogen-bond donors (Lipinski definition) is 1. The smallest absolute Gasteiger partial charge is 0.273 e. The van der Waals surface area contributed by atoms with E-state index in [0.29, 0.717) is 0 Å². The van der Waals surface area contributed by atoms with Crippen molar-refractivity contribution < 1.29 is 9.53 Å². The van der Waals surface area contributed by atoms with Crippen molar-refractivity contribution in [1.29, 1.82) is 0 Å². The summed E-state index contributed by atoms with van der Waals surface area (Å²) < 4.78 is 5.27. The second kappa shape index (κ2) is 7.70. The van der Waals surface area contributed by atoms with Crippen LogP contribution in [-0.4, -0.2) is 19.2 Å². The normalized spacial score (nSPS) is 12.3. The summed E-state index contributed by atoms with van der Waals surface area (Å²) in [7, 11) is 1.51. The lowest BCUT2D eigenvalue weighted by molar-refractivity contribution is -0.131. The zero-order valence-electron chi connectivity index (χ0n) is 14.0. The topological polar surface area (TPSA) is 50.7 Å². The van der Waals surface area contributed by atoms with Gasteiger partial charge < -0.3 is 4.74 Å². The van der Waals surface area contributed by atoms with Crippen LogP contribution in [0.4, 0.5) is 0 Å². The molecular weight excluding hydrogens is 288 g/mol. The molecule has 0 radical (unpaired) electrons. The fourth-order valence-electron chi connectivity index (χ4n) is 2.36. The average molecular weight is 310 g/mol. The third-order valence-electron chi connectivity index (χ3n) is 4.05. The van der Waals surface area contributed by atoms with E-state index in [-0.39, 0.29) is 5.91 Å². The van der Waals surface area contributed by atoms with Gasteiger partial charge in [0.05, 0.1) is 6.21 Å². The van der Waals surface area contributed by atoms with Gasteiger partial charge in [-0.3, -0.25) is 4.79 Å². The third-order valence-corrected chi connectivity index (χ3v) is 4.05. The number of rotatable bonds is 5. The fourth-order valence-corrected chi connectivity index (χ4v) is 2.36. The Hall–Kier alpha value is -2.46. The minimum absolute atomic E-state index is 0.295. The number of hydrogen-bond acceptors (Lipinski definition) is 3. The molecule has 0 heterocycles. The zero-order valence-corrected chi connectivity index (χ0v) is 14.0. The maximum absolute atomic E-state index is 12.2. The molecule has 2 aromatic carbocycles. The molecule has 0 bridgehead atoms. The lowest BCUT2D eigenvalue weighted by Crippen LogP contribution is -2.26. The van der Waals surface area contributed by atoms with Crippen molar-refractivity contribution in [3.05, 3.63) is 70.3 Å². The summed E-state index contributed by atoms with van der Waals surface area (Å²) in [6.45, 7) is 6.21. The van der Waals surface area contributed by atoms with Crippen molar-refractivity contribution in [3.63, 3.8) is 0 Å². The molecule has 0 fully saturated rings.